The maximum Gasteiger partial charge on any atom is 0.322 e. The topological polar surface area (TPSA) is 91.5 Å². The summed E-state index contributed by atoms with van der Waals surface area (Å²) in [5, 5.41) is 20.4. The van der Waals surface area contributed by atoms with E-state index in [0.29, 0.717) is 36.4 Å². The van der Waals surface area contributed by atoms with Crippen LogP contribution in [0.1, 0.15) is 32.6 Å². The van der Waals surface area contributed by atoms with Crippen LogP contribution in [-0.2, 0) is 6.42 Å². The van der Waals surface area contributed by atoms with Gasteiger partial charge in [0.15, 0.2) is 0 Å². The number of anilines is 1. The van der Waals surface area contributed by atoms with Crippen molar-refractivity contribution < 1.29 is 14.3 Å². The number of aryl methyl sites for hydroxylation is 1. The molecule has 1 aromatic carbocycles. The highest BCUT2D eigenvalue weighted by atomic mass is 16.4. The molecule has 1 aromatic heterocycles. The molecule has 2 amide bonds. The summed E-state index contributed by atoms with van der Waals surface area (Å²) in [6.45, 7) is 4.69. The van der Waals surface area contributed by atoms with Crippen molar-refractivity contribution in [3.8, 4) is 11.5 Å². The third kappa shape index (κ3) is 3.82. The van der Waals surface area contributed by atoms with E-state index < -0.39 is 0 Å². The van der Waals surface area contributed by atoms with Crippen molar-refractivity contribution in [1.82, 2.24) is 15.1 Å². The fraction of sp³-hybridized carbons (Fsp3) is 0.500. The van der Waals surface area contributed by atoms with Gasteiger partial charge in [-0.1, -0.05) is 13.8 Å². The van der Waals surface area contributed by atoms with Gasteiger partial charge in [0.05, 0.1) is 12.6 Å². The lowest BCUT2D eigenvalue weighted by Crippen LogP contribution is -2.51. The van der Waals surface area contributed by atoms with E-state index in [1.54, 1.807) is 4.90 Å². The van der Waals surface area contributed by atoms with Gasteiger partial charge in [-0.25, -0.2) is 4.79 Å². The molecule has 0 spiro atoms. The second-order valence-electron chi connectivity index (χ2n) is 6.42. The quantitative estimate of drug-likeness (QED) is 0.890. The van der Waals surface area contributed by atoms with E-state index in [0.717, 1.165) is 18.4 Å². The molecule has 0 saturated carbocycles. The Balaban J connectivity index is 1.67. The molecule has 1 aliphatic rings. The Kier molecular flexibility index (Phi) is 5.33. The maximum absolute atomic E-state index is 12.5. The molecule has 2 N–H and O–H groups in total. The van der Waals surface area contributed by atoms with Crippen LogP contribution in [0.3, 0.4) is 0 Å². The number of nitrogens with one attached hydrogen (secondary N) is 1. The Bertz CT molecular complexity index is 713. The SMILES string of the molecule is CCc1nnc(-c2ccc(NC(=O)N3CCCC(C)C3CO)cc2)o1. The van der Waals surface area contributed by atoms with Crippen molar-refractivity contribution in [1.29, 1.82) is 0 Å². The number of carbonyl (C=O) groups excluding carboxylic acids is 1. The lowest BCUT2D eigenvalue weighted by atomic mass is 9.91. The summed E-state index contributed by atoms with van der Waals surface area (Å²) in [7, 11) is 0. The molecule has 7 nitrogen and oxygen atoms in total. The normalized spacial score (nSPS) is 20.5. The summed E-state index contributed by atoms with van der Waals surface area (Å²) in [6, 6.07) is 6.99. The summed E-state index contributed by atoms with van der Waals surface area (Å²) < 4.78 is 5.53. The van der Waals surface area contributed by atoms with Crippen LogP contribution in [0.2, 0.25) is 0 Å². The molecule has 7 heteroatoms. The first-order valence-corrected chi connectivity index (χ1v) is 8.73. The molecule has 2 unspecified atom stereocenters. The van der Waals surface area contributed by atoms with Gasteiger partial charge in [-0.05, 0) is 43.0 Å². The van der Waals surface area contributed by atoms with Crippen LogP contribution < -0.4 is 5.32 Å². The van der Waals surface area contributed by atoms with Gasteiger partial charge in [0.25, 0.3) is 0 Å². The van der Waals surface area contributed by atoms with Gasteiger partial charge in [-0.2, -0.15) is 0 Å². The van der Waals surface area contributed by atoms with Crippen molar-refractivity contribution in [3.63, 3.8) is 0 Å². The van der Waals surface area contributed by atoms with E-state index in [9.17, 15) is 9.90 Å². The van der Waals surface area contributed by atoms with E-state index in [4.69, 9.17) is 4.42 Å². The van der Waals surface area contributed by atoms with Crippen LogP contribution in [0.5, 0.6) is 0 Å². The summed E-state index contributed by atoms with van der Waals surface area (Å²) in [4.78, 5) is 14.3. The average Bonchev–Trinajstić information content (AvgIpc) is 3.11. The van der Waals surface area contributed by atoms with Crippen molar-refractivity contribution in [3.05, 3.63) is 30.2 Å². The zero-order chi connectivity index (χ0) is 17.8. The van der Waals surface area contributed by atoms with Crippen LogP contribution in [0.15, 0.2) is 28.7 Å². The van der Waals surface area contributed by atoms with Gasteiger partial charge in [0, 0.05) is 24.2 Å². The number of nitrogens with zero attached hydrogens (tertiary/aromatic N) is 3. The first kappa shape index (κ1) is 17.4. The molecule has 2 aromatic rings. The molecule has 25 heavy (non-hydrogen) atoms. The third-order valence-corrected chi connectivity index (χ3v) is 4.72. The first-order valence-electron chi connectivity index (χ1n) is 8.73. The van der Waals surface area contributed by atoms with E-state index in [1.165, 1.54) is 0 Å². The number of benzene rings is 1. The Morgan fingerprint density at radius 2 is 2.12 bits per heavy atom. The van der Waals surface area contributed by atoms with Crippen LogP contribution in [-0.4, -0.2) is 45.4 Å². The van der Waals surface area contributed by atoms with E-state index in [1.807, 2.05) is 31.2 Å². The number of aliphatic hydroxyl groups excluding tert-OH is 1. The number of hydrogen-bond acceptors (Lipinski definition) is 5. The molecule has 3 rings (SSSR count). The second kappa shape index (κ2) is 7.65. The minimum absolute atomic E-state index is 0.00947. The van der Waals surface area contributed by atoms with Crippen LogP contribution in [0, 0.1) is 5.92 Å². The lowest BCUT2D eigenvalue weighted by molar-refractivity contribution is 0.0811. The number of piperidine rings is 1. The van der Waals surface area contributed by atoms with Gasteiger partial charge in [0.1, 0.15) is 0 Å². The fourth-order valence-corrected chi connectivity index (χ4v) is 3.18. The van der Waals surface area contributed by atoms with E-state index in [2.05, 4.69) is 22.4 Å². The molecule has 0 radical (unpaired) electrons. The molecule has 1 aliphatic heterocycles. The third-order valence-electron chi connectivity index (χ3n) is 4.72. The molecular weight excluding hydrogens is 320 g/mol. The van der Waals surface area contributed by atoms with Crippen molar-refractivity contribution in [2.75, 3.05) is 18.5 Å². The first-order chi connectivity index (χ1) is 12.1. The minimum atomic E-state index is -0.176. The van der Waals surface area contributed by atoms with Gasteiger partial charge >= 0.3 is 6.03 Å². The maximum atomic E-state index is 12.5. The number of rotatable bonds is 4. The number of aliphatic hydroxyl groups is 1. The average molecular weight is 344 g/mol. The van der Waals surface area contributed by atoms with Crippen LogP contribution in [0.4, 0.5) is 10.5 Å². The van der Waals surface area contributed by atoms with Crippen molar-refractivity contribution in [2.24, 2.45) is 5.92 Å². The van der Waals surface area contributed by atoms with Crippen LogP contribution in [0.25, 0.3) is 11.5 Å². The summed E-state index contributed by atoms with van der Waals surface area (Å²) in [5.41, 5.74) is 1.50. The fourth-order valence-electron chi connectivity index (χ4n) is 3.18. The summed E-state index contributed by atoms with van der Waals surface area (Å²) >= 11 is 0. The number of amides is 2. The van der Waals surface area contributed by atoms with Crippen molar-refractivity contribution >= 4 is 11.7 Å². The molecule has 2 atom stereocenters. The standard InChI is InChI=1S/C18H24N4O3/c1-3-16-20-21-17(25-16)13-6-8-14(9-7-13)19-18(24)22-10-4-5-12(2)15(22)11-23/h6-9,12,15,23H,3-5,10-11H2,1-2H3,(H,19,24). The number of urea groups is 1. The molecule has 1 fully saturated rings. The lowest BCUT2D eigenvalue weighted by Gasteiger charge is -2.38. The van der Waals surface area contributed by atoms with E-state index >= 15 is 0 Å². The zero-order valence-electron chi connectivity index (χ0n) is 14.6. The number of aromatic nitrogens is 2. The Hall–Kier alpha value is -2.41. The molecule has 134 valence electrons. The highest BCUT2D eigenvalue weighted by molar-refractivity contribution is 5.89. The number of likely N-dealkylation sites (tertiary alicyclic amines) is 1. The Morgan fingerprint density at radius 3 is 2.76 bits per heavy atom. The zero-order valence-corrected chi connectivity index (χ0v) is 14.6. The molecule has 1 saturated heterocycles. The van der Waals surface area contributed by atoms with Gasteiger partial charge in [-0.3, -0.25) is 0 Å². The monoisotopic (exact) mass is 344 g/mol. The molecular formula is C18H24N4O3. The number of hydrogen-bond donors (Lipinski definition) is 2. The predicted molar refractivity (Wildman–Crippen MR) is 94.1 cm³/mol. The number of carbonyl (C=O) groups is 1. The predicted octanol–water partition coefficient (Wildman–Crippen LogP) is 2.92. The molecule has 2 heterocycles. The second-order valence-corrected chi connectivity index (χ2v) is 6.42. The van der Waals surface area contributed by atoms with Gasteiger partial charge in [0.2, 0.25) is 11.8 Å². The van der Waals surface area contributed by atoms with Gasteiger partial charge in [-0.15, -0.1) is 10.2 Å². The smallest absolute Gasteiger partial charge is 0.322 e. The van der Waals surface area contributed by atoms with E-state index in [-0.39, 0.29) is 18.7 Å². The minimum Gasteiger partial charge on any atom is -0.421 e. The highest BCUT2D eigenvalue weighted by Gasteiger charge is 2.31. The Labute approximate surface area is 147 Å². The summed E-state index contributed by atoms with van der Waals surface area (Å²) in [5.74, 6) is 1.37. The van der Waals surface area contributed by atoms with Gasteiger partial charge < -0.3 is 19.7 Å². The highest BCUT2D eigenvalue weighted by Crippen LogP contribution is 2.25. The molecule has 0 bridgehead atoms. The molecule has 0 aliphatic carbocycles. The van der Waals surface area contributed by atoms with Crippen molar-refractivity contribution in [2.45, 2.75) is 39.2 Å². The largest absolute Gasteiger partial charge is 0.421 e. The Morgan fingerprint density at radius 1 is 1.36 bits per heavy atom. The van der Waals surface area contributed by atoms with Crippen LogP contribution >= 0.6 is 0 Å². The summed E-state index contributed by atoms with van der Waals surface area (Å²) in [6.07, 6.45) is 2.69.